The third-order valence-electron chi connectivity index (χ3n) is 5.35. The maximum atomic E-state index is 14.3. The number of hydrazone groups is 1. The van der Waals surface area contributed by atoms with Crippen molar-refractivity contribution in [2.24, 2.45) is 5.10 Å². The van der Waals surface area contributed by atoms with Crippen LogP contribution in [0.5, 0.6) is 0 Å². The number of halogens is 1. The van der Waals surface area contributed by atoms with Gasteiger partial charge in [-0.2, -0.15) is 5.10 Å². The average molecular weight is 407 g/mol. The Morgan fingerprint density at radius 2 is 1.90 bits per heavy atom. The van der Waals surface area contributed by atoms with Gasteiger partial charge in [0.2, 0.25) is 0 Å². The molecule has 0 amide bonds. The van der Waals surface area contributed by atoms with Crippen LogP contribution in [0.15, 0.2) is 64.4 Å². The Hall–Kier alpha value is -3.19. The van der Waals surface area contributed by atoms with Crippen LogP contribution in [-0.4, -0.2) is 38.9 Å². The van der Waals surface area contributed by atoms with Crippen LogP contribution < -0.4 is 5.43 Å². The van der Waals surface area contributed by atoms with E-state index in [1.807, 2.05) is 30.3 Å². The lowest BCUT2D eigenvalue weighted by molar-refractivity contribution is 0.511. The highest BCUT2D eigenvalue weighted by molar-refractivity contribution is 7.90. The van der Waals surface area contributed by atoms with Gasteiger partial charge in [-0.15, -0.1) is 0 Å². The SMILES string of the molecule is CN1C=C2C(=C(c3ccc(S(C)(=O)=O)cc3)C1)NN=C1C=Cc3cc(F)cc2c31. The molecule has 146 valence electrons. The first-order chi connectivity index (χ1) is 13.8. The molecule has 0 saturated carbocycles. The van der Waals surface area contributed by atoms with Gasteiger partial charge < -0.3 is 4.90 Å². The van der Waals surface area contributed by atoms with Gasteiger partial charge >= 0.3 is 0 Å². The number of fused-ring (bicyclic) bond motifs is 2. The van der Waals surface area contributed by atoms with E-state index in [1.54, 1.807) is 30.3 Å². The fourth-order valence-electron chi connectivity index (χ4n) is 4.01. The first-order valence-corrected chi connectivity index (χ1v) is 11.0. The van der Waals surface area contributed by atoms with Crippen molar-refractivity contribution in [1.29, 1.82) is 0 Å². The number of hydrogen-bond donors (Lipinski definition) is 1. The van der Waals surface area contributed by atoms with Crippen LogP contribution in [0.3, 0.4) is 0 Å². The Kier molecular flexibility index (Phi) is 3.79. The largest absolute Gasteiger partial charge is 0.375 e. The Morgan fingerprint density at radius 1 is 1.14 bits per heavy atom. The summed E-state index contributed by atoms with van der Waals surface area (Å²) in [6.07, 6.45) is 6.93. The van der Waals surface area contributed by atoms with E-state index < -0.39 is 9.84 Å². The molecule has 0 aromatic heterocycles. The van der Waals surface area contributed by atoms with Gasteiger partial charge in [-0.1, -0.05) is 18.2 Å². The summed E-state index contributed by atoms with van der Waals surface area (Å²) in [4.78, 5) is 2.31. The lowest BCUT2D eigenvalue weighted by atomic mass is 9.89. The molecule has 0 bridgehead atoms. The minimum absolute atomic E-state index is 0.275. The summed E-state index contributed by atoms with van der Waals surface area (Å²) in [6, 6.07) is 9.89. The van der Waals surface area contributed by atoms with Gasteiger partial charge in [0.05, 0.1) is 16.3 Å². The van der Waals surface area contributed by atoms with Crippen LogP contribution in [0.1, 0.15) is 22.3 Å². The summed E-state index contributed by atoms with van der Waals surface area (Å²) in [5.74, 6) is -0.293. The van der Waals surface area contributed by atoms with Crippen LogP contribution >= 0.6 is 0 Å². The van der Waals surface area contributed by atoms with E-state index >= 15 is 0 Å². The number of nitrogens with one attached hydrogen (secondary N) is 1. The zero-order chi connectivity index (χ0) is 20.3. The van der Waals surface area contributed by atoms with Crippen molar-refractivity contribution in [3.8, 4) is 0 Å². The number of rotatable bonds is 2. The van der Waals surface area contributed by atoms with Gasteiger partial charge in [0.1, 0.15) is 5.82 Å². The lowest BCUT2D eigenvalue weighted by Crippen LogP contribution is -2.24. The standard InChI is InChI=1S/C22H18FN3O2S/c1-26-11-18(13-3-6-16(7-4-13)29(2,27)28)22-19(12-26)17-10-15(23)9-14-5-8-20(21(14)17)24-25-22/h3-10,12,25H,11H2,1-2H3. The summed E-state index contributed by atoms with van der Waals surface area (Å²) in [5, 5.41) is 4.55. The maximum absolute atomic E-state index is 14.3. The molecule has 2 aromatic carbocycles. The Bertz CT molecular complexity index is 1290. The number of hydrogen-bond acceptors (Lipinski definition) is 5. The predicted octanol–water partition coefficient (Wildman–Crippen LogP) is 3.26. The van der Waals surface area contributed by atoms with Crippen molar-refractivity contribution < 1.29 is 12.8 Å². The van der Waals surface area contributed by atoms with Crippen LogP contribution in [-0.2, 0) is 9.84 Å². The lowest BCUT2D eigenvalue weighted by Gasteiger charge is -2.28. The second-order valence-electron chi connectivity index (χ2n) is 7.47. The van der Waals surface area contributed by atoms with Gasteiger partial charge in [-0.3, -0.25) is 5.43 Å². The van der Waals surface area contributed by atoms with E-state index in [0.29, 0.717) is 6.54 Å². The fraction of sp³-hybridized carbons (Fsp3) is 0.136. The number of nitrogens with zero attached hydrogens (tertiary/aromatic N) is 2. The fourth-order valence-corrected chi connectivity index (χ4v) is 4.64. The number of allylic oxidation sites excluding steroid dienone is 2. The molecule has 7 heteroatoms. The van der Waals surface area contributed by atoms with Crippen LogP contribution in [0, 0.1) is 5.82 Å². The summed E-state index contributed by atoms with van der Waals surface area (Å²) >= 11 is 0. The molecule has 0 radical (unpaired) electrons. The first kappa shape index (κ1) is 17.9. The molecule has 29 heavy (non-hydrogen) atoms. The van der Waals surface area contributed by atoms with Crippen LogP contribution in [0.2, 0.25) is 0 Å². The molecule has 3 aliphatic rings. The van der Waals surface area contributed by atoms with Gasteiger partial charge in [0, 0.05) is 42.8 Å². The average Bonchev–Trinajstić information content (AvgIpc) is 3.00. The molecule has 5 nitrogen and oxygen atoms in total. The van der Waals surface area contributed by atoms with Crippen molar-refractivity contribution in [3.63, 3.8) is 0 Å². The van der Waals surface area contributed by atoms with Crippen molar-refractivity contribution in [3.05, 3.63) is 82.4 Å². The summed E-state index contributed by atoms with van der Waals surface area (Å²) < 4.78 is 37.9. The van der Waals surface area contributed by atoms with E-state index in [9.17, 15) is 12.8 Å². The highest BCUT2D eigenvalue weighted by Gasteiger charge is 2.29. The molecule has 2 aliphatic heterocycles. The predicted molar refractivity (Wildman–Crippen MR) is 112 cm³/mol. The van der Waals surface area contributed by atoms with Crippen LogP contribution in [0.25, 0.3) is 17.2 Å². The summed E-state index contributed by atoms with van der Waals surface area (Å²) in [6.45, 7) is 0.613. The van der Waals surface area contributed by atoms with Crippen molar-refractivity contribution in [2.45, 2.75) is 4.90 Å². The normalized spacial score (nSPS) is 17.3. The molecule has 0 atom stereocenters. The second-order valence-corrected chi connectivity index (χ2v) is 9.48. The molecular weight excluding hydrogens is 389 g/mol. The maximum Gasteiger partial charge on any atom is 0.175 e. The highest BCUT2D eigenvalue weighted by atomic mass is 32.2. The van der Waals surface area contributed by atoms with E-state index in [2.05, 4.69) is 10.5 Å². The smallest absolute Gasteiger partial charge is 0.175 e. The quantitative estimate of drug-likeness (QED) is 0.830. The third-order valence-corrected chi connectivity index (χ3v) is 6.48. The third kappa shape index (κ3) is 2.89. The molecule has 2 aromatic rings. The molecule has 0 spiro atoms. The molecule has 1 aliphatic carbocycles. The van der Waals surface area contributed by atoms with Crippen molar-refractivity contribution in [1.82, 2.24) is 10.3 Å². The van der Waals surface area contributed by atoms with Crippen molar-refractivity contribution >= 4 is 32.8 Å². The van der Waals surface area contributed by atoms with E-state index in [-0.39, 0.29) is 10.7 Å². The topological polar surface area (TPSA) is 61.8 Å². The molecule has 5 rings (SSSR count). The Balaban J connectivity index is 1.71. The molecular formula is C22H18FN3O2S. The summed E-state index contributed by atoms with van der Waals surface area (Å²) in [5.41, 5.74) is 10.00. The minimum atomic E-state index is -3.26. The van der Waals surface area contributed by atoms with Gasteiger partial charge in [-0.05, 0) is 47.0 Å². The number of sulfone groups is 1. The van der Waals surface area contributed by atoms with E-state index in [4.69, 9.17) is 0 Å². The first-order valence-electron chi connectivity index (χ1n) is 9.13. The molecule has 0 unspecified atom stereocenters. The van der Waals surface area contributed by atoms with Crippen LogP contribution in [0.4, 0.5) is 4.39 Å². The zero-order valence-electron chi connectivity index (χ0n) is 15.9. The zero-order valence-corrected chi connectivity index (χ0v) is 16.7. The molecule has 0 fully saturated rings. The minimum Gasteiger partial charge on any atom is -0.375 e. The van der Waals surface area contributed by atoms with Gasteiger partial charge in [0.25, 0.3) is 0 Å². The number of benzene rings is 2. The van der Waals surface area contributed by atoms with E-state index in [1.165, 1.54) is 12.3 Å². The van der Waals surface area contributed by atoms with Gasteiger partial charge in [0.15, 0.2) is 9.84 Å². The second kappa shape index (κ2) is 6.15. The van der Waals surface area contributed by atoms with E-state index in [0.717, 1.165) is 44.8 Å². The number of likely N-dealkylation sites (N-methyl/N-ethyl adjacent to an activating group) is 1. The monoisotopic (exact) mass is 407 g/mol. The Labute approximate surface area is 168 Å². The molecule has 1 N–H and O–H groups in total. The highest BCUT2D eigenvalue weighted by Crippen LogP contribution is 2.39. The van der Waals surface area contributed by atoms with Crippen molar-refractivity contribution in [2.75, 3.05) is 19.8 Å². The molecule has 2 heterocycles. The van der Waals surface area contributed by atoms with Gasteiger partial charge in [-0.25, -0.2) is 12.8 Å². The molecule has 0 saturated heterocycles. The Morgan fingerprint density at radius 3 is 2.62 bits per heavy atom. The summed E-state index contributed by atoms with van der Waals surface area (Å²) in [7, 11) is -1.31.